The molecular weight excluding hydrogens is 248 g/mol. The van der Waals surface area contributed by atoms with E-state index in [1.165, 1.54) is 12.1 Å². The summed E-state index contributed by atoms with van der Waals surface area (Å²) in [4.78, 5) is 10.7. The van der Waals surface area contributed by atoms with Crippen molar-refractivity contribution in [2.75, 3.05) is 13.2 Å². The number of benzene rings is 1. The molecule has 0 saturated heterocycles. The molecule has 0 spiro atoms. The van der Waals surface area contributed by atoms with Gasteiger partial charge in [-0.15, -0.1) is 0 Å². The maximum Gasteiger partial charge on any atom is 0.337 e. The Balaban J connectivity index is 2.42. The maximum atomic E-state index is 10.7. The lowest BCUT2D eigenvalue weighted by atomic mass is 10.1. The highest BCUT2D eigenvalue weighted by Gasteiger charge is 2.22. The first-order chi connectivity index (χ1) is 8.09. The van der Waals surface area contributed by atoms with Gasteiger partial charge in [-0.2, -0.15) is 0 Å². The standard InChI is InChI=1S/C11H11ClO5/c12-7-5-9-8(16-2-1-3-17-9)4-6(7)10(13)11(14)15/h4-5,10,13H,1-3H2,(H,14,15). The van der Waals surface area contributed by atoms with E-state index in [1.54, 1.807) is 0 Å². The molecule has 6 heteroatoms. The number of rotatable bonds is 2. The van der Waals surface area contributed by atoms with Gasteiger partial charge in [0.2, 0.25) is 0 Å². The van der Waals surface area contributed by atoms with Crippen molar-refractivity contribution in [2.24, 2.45) is 0 Å². The van der Waals surface area contributed by atoms with Gasteiger partial charge >= 0.3 is 5.97 Å². The van der Waals surface area contributed by atoms with E-state index in [0.29, 0.717) is 24.7 Å². The van der Waals surface area contributed by atoms with Crippen molar-refractivity contribution in [1.82, 2.24) is 0 Å². The van der Waals surface area contributed by atoms with Gasteiger partial charge in [0.15, 0.2) is 17.6 Å². The minimum absolute atomic E-state index is 0.100. The number of aliphatic hydroxyl groups is 1. The number of hydrogen-bond acceptors (Lipinski definition) is 4. The summed E-state index contributed by atoms with van der Waals surface area (Å²) in [7, 11) is 0. The van der Waals surface area contributed by atoms with E-state index >= 15 is 0 Å². The van der Waals surface area contributed by atoms with E-state index in [9.17, 15) is 9.90 Å². The fraction of sp³-hybridized carbons (Fsp3) is 0.364. The molecule has 2 N–H and O–H groups in total. The molecule has 5 nitrogen and oxygen atoms in total. The average molecular weight is 259 g/mol. The highest BCUT2D eigenvalue weighted by Crippen LogP contribution is 2.37. The molecule has 1 heterocycles. The average Bonchev–Trinajstić information content (AvgIpc) is 2.51. The van der Waals surface area contributed by atoms with Crippen molar-refractivity contribution in [3.8, 4) is 11.5 Å². The number of hydrogen-bond donors (Lipinski definition) is 2. The SMILES string of the molecule is O=C(O)C(O)c1cc2c(cc1Cl)OCCCO2. The van der Waals surface area contributed by atoms with Crippen LogP contribution in [-0.4, -0.2) is 29.4 Å². The van der Waals surface area contributed by atoms with Crippen LogP contribution in [0.15, 0.2) is 12.1 Å². The second kappa shape index (κ2) is 4.81. The number of carboxylic acid groups (broad SMARTS) is 1. The van der Waals surface area contributed by atoms with Gasteiger partial charge in [0, 0.05) is 18.1 Å². The first-order valence-electron chi connectivity index (χ1n) is 5.09. The van der Waals surface area contributed by atoms with Crippen LogP contribution in [0.1, 0.15) is 18.1 Å². The van der Waals surface area contributed by atoms with Crippen LogP contribution in [0.2, 0.25) is 5.02 Å². The molecule has 92 valence electrons. The second-order valence-electron chi connectivity index (χ2n) is 3.61. The quantitative estimate of drug-likeness (QED) is 0.843. The molecule has 0 amide bonds. The molecule has 1 aliphatic heterocycles. The zero-order chi connectivity index (χ0) is 12.4. The van der Waals surface area contributed by atoms with Crippen LogP contribution in [0, 0.1) is 0 Å². The fourth-order valence-corrected chi connectivity index (χ4v) is 1.80. The predicted molar refractivity (Wildman–Crippen MR) is 59.7 cm³/mol. The molecular formula is C11H11ClO5. The van der Waals surface area contributed by atoms with E-state index in [1.807, 2.05) is 0 Å². The topological polar surface area (TPSA) is 76.0 Å². The number of aliphatic carboxylic acids is 1. The van der Waals surface area contributed by atoms with E-state index in [4.69, 9.17) is 26.2 Å². The largest absolute Gasteiger partial charge is 0.490 e. The zero-order valence-corrected chi connectivity index (χ0v) is 9.61. The maximum absolute atomic E-state index is 10.7. The van der Waals surface area contributed by atoms with Gasteiger partial charge in [0.05, 0.1) is 18.2 Å². The Kier molecular flexibility index (Phi) is 3.40. The number of ether oxygens (including phenoxy) is 2. The summed E-state index contributed by atoms with van der Waals surface area (Å²) in [5, 5.41) is 18.4. The molecule has 1 aliphatic rings. The normalized spacial score (nSPS) is 16.1. The zero-order valence-electron chi connectivity index (χ0n) is 8.85. The smallest absolute Gasteiger partial charge is 0.337 e. The van der Waals surface area contributed by atoms with Crippen molar-refractivity contribution in [3.05, 3.63) is 22.7 Å². The molecule has 0 bridgehead atoms. The molecule has 0 aliphatic carbocycles. The Bertz CT molecular complexity index is 446. The summed E-state index contributed by atoms with van der Waals surface area (Å²) in [6, 6.07) is 2.87. The van der Waals surface area contributed by atoms with Gasteiger partial charge in [-0.1, -0.05) is 11.6 Å². The lowest BCUT2D eigenvalue weighted by molar-refractivity contribution is -0.146. The first kappa shape index (κ1) is 12.0. The van der Waals surface area contributed by atoms with Crippen molar-refractivity contribution in [3.63, 3.8) is 0 Å². The Hall–Kier alpha value is -1.46. The van der Waals surface area contributed by atoms with E-state index in [0.717, 1.165) is 6.42 Å². The lowest BCUT2D eigenvalue weighted by Crippen LogP contribution is -2.11. The Morgan fingerprint density at radius 3 is 2.47 bits per heavy atom. The van der Waals surface area contributed by atoms with Crippen LogP contribution in [0.3, 0.4) is 0 Å². The van der Waals surface area contributed by atoms with Crippen molar-refractivity contribution in [1.29, 1.82) is 0 Å². The van der Waals surface area contributed by atoms with Gasteiger partial charge in [0.1, 0.15) is 0 Å². The fourth-order valence-electron chi connectivity index (χ4n) is 1.54. The summed E-state index contributed by atoms with van der Waals surface area (Å²) >= 11 is 5.89. The molecule has 0 aromatic heterocycles. The molecule has 1 aromatic carbocycles. The predicted octanol–water partition coefficient (Wildman–Crippen LogP) is 1.62. The van der Waals surface area contributed by atoms with E-state index in [-0.39, 0.29) is 10.6 Å². The lowest BCUT2D eigenvalue weighted by Gasteiger charge is -2.13. The summed E-state index contributed by atoms with van der Waals surface area (Å²) in [6.45, 7) is 1.00. The number of halogens is 1. The summed E-state index contributed by atoms with van der Waals surface area (Å²) in [6.07, 6.45) is -0.928. The molecule has 1 atom stereocenters. The van der Waals surface area contributed by atoms with Crippen LogP contribution in [0.4, 0.5) is 0 Å². The Morgan fingerprint density at radius 2 is 1.88 bits per heavy atom. The summed E-state index contributed by atoms with van der Waals surface area (Å²) in [5.74, 6) is -0.488. The van der Waals surface area contributed by atoms with E-state index in [2.05, 4.69) is 0 Å². The number of carbonyl (C=O) groups is 1. The summed E-state index contributed by atoms with van der Waals surface area (Å²) < 4.78 is 10.8. The highest BCUT2D eigenvalue weighted by molar-refractivity contribution is 6.31. The van der Waals surface area contributed by atoms with Crippen molar-refractivity contribution < 1.29 is 24.5 Å². The van der Waals surface area contributed by atoms with Gasteiger partial charge < -0.3 is 19.7 Å². The number of fused-ring (bicyclic) bond motifs is 1. The minimum atomic E-state index is -1.67. The van der Waals surface area contributed by atoms with Gasteiger partial charge in [-0.05, 0) is 6.07 Å². The third kappa shape index (κ3) is 2.45. The van der Waals surface area contributed by atoms with Crippen LogP contribution in [0.25, 0.3) is 0 Å². The molecule has 0 fully saturated rings. The van der Waals surface area contributed by atoms with Crippen LogP contribution >= 0.6 is 11.6 Å². The van der Waals surface area contributed by atoms with Gasteiger partial charge in [-0.3, -0.25) is 0 Å². The minimum Gasteiger partial charge on any atom is -0.490 e. The van der Waals surface area contributed by atoms with Gasteiger partial charge in [-0.25, -0.2) is 4.79 Å². The molecule has 0 saturated carbocycles. The van der Waals surface area contributed by atoms with Crippen LogP contribution in [0.5, 0.6) is 11.5 Å². The van der Waals surface area contributed by atoms with Crippen LogP contribution in [-0.2, 0) is 4.79 Å². The number of aliphatic hydroxyl groups excluding tert-OH is 1. The van der Waals surface area contributed by atoms with Crippen LogP contribution < -0.4 is 9.47 Å². The molecule has 1 aromatic rings. The number of carboxylic acids is 1. The Labute approximate surface area is 103 Å². The van der Waals surface area contributed by atoms with Crippen molar-refractivity contribution >= 4 is 17.6 Å². The van der Waals surface area contributed by atoms with Crippen molar-refractivity contribution in [2.45, 2.75) is 12.5 Å². The monoisotopic (exact) mass is 258 g/mol. The third-order valence-electron chi connectivity index (χ3n) is 2.40. The third-order valence-corrected chi connectivity index (χ3v) is 2.72. The molecule has 0 radical (unpaired) electrons. The Morgan fingerprint density at radius 1 is 1.29 bits per heavy atom. The summed E-state index contributed by atoms with van der Waals surface area (Å²) in [5.41, 5.74) is 0.100. The molecule has 1 unspecified atom stereocenters. The second-order valence-corrected chi connectivity index (χ2v) is 4.02. The first-order valence-corrected chi connectivity index (χ1v) is 5.47. The van der Waals surface area contributed by atoms with E-state index < -0.39 is 12.1 Å². The molecule has 17 heavy (non-hydrogen) atoms. The molecule has 2 rings (SSSR count). The van der Waals surface area contributed by atoms with Gasteiger partial charge in [0.25, 0.3) is 0 Å². The highest BCUT2D eigenvalue weighted by atomic mass is 35.5.